The molecule has 1 unspecified atom stereocenters. The fourth-order valence-electron chi connectivity index (χ4n) is 6.56. The Bertz CT molecular complexity index is 1970. The van der Waals surface area contributed by atoms with E-state index in [4.69, 9.17) is 19.6 Å². The molecule has 2 aliphatic heterocycles. The molecule has 2 aromatic heterocycles. The number of likely N-dealkylation sites (tertiary alicyclic amines) is 1. The Morgan fingerprint density at radius 3 is 2.59 bits per heavy atom. The summed E-state index contributed by atoms with van der Waals surface area (Å²) in [6.07, 6.45) is 5.51. The molecule has 2 aromatic carbocycles. The average molecular weight is 696 g/mol. The maximum Gasteiger partial charge on any atom is 0.414 e. The number of para-hydroxylation sites is 1. The molecule has 2 aliphatic rings. The first kappa shape index (κ1) is 35.4. The molecule has 13 heteroatoms. The van der Waals surface area contributed by atoms with Crippen LogP contribution < -0.4 is 20.7 Å². The van der Waals surface area contributed by atoms with Crippen LogP contribution in [0.15, 0.2) is 77.7 Å². The molecule has 0 saturated carbocycles. The summed E-state index contributed by atoms with van der Waals surface area (Å²) < 4.78 is 13.1. The third-order valence-electron chi connectivity index (χ3n) is 8.86. The Labute approximate surface area is 297 Å². The van der Waals surface area contributed by atoms with Crippen LogP contribution in [0.3, 0.4) is 0 Å². The number of fused-ring (bicyclic) bond motifs is 2. The van der Waals surface area contributed by atoms with Gasteiger partial charge in [-0.15, -0.1) is 0 Å². The topological polar surface area (TPSA) is 142 Å². The molecule has 13 nitrogen and oxygen atoms in total. The third-order valence-corrected chi connectivity index (χ3v) is 8.86. The number of benzene rings is 2. The summed E-state index contributed by atoms with van der Waals surface area (Å²) in [4.78, 5) is 56.0. The minimum atomic E-state index is -0.659. The number of aromatic nitrogens is 3. The van der Waals surface area contributed by atoms with E-state index in [-0.39, 0.29) is 31.4 Å². The van der Waals surface area contributed by atoms with E-state index in [1.165, 1.54) is 0 Å². The Kier molecular flexibility index (Phi) is 10.6. The van der Waals surface area contributed by atoms with Gasteiger partial charge in [0.25, 0.3) is 5.56 Å². The Hall–Kier alpha value is -5.43. The molecule has 6 rings (SSSR count). The number of nitrogens with one attached hydrogen (secondary N) is 1. The summed E-state index contributed by atoms with van der Waals surface area (Å²) in [5.41, 5.74) is 3.06. The van der Waals surface area contributed by atoms with Crippen LogP contribution in [0.2, 0.25) is 0 Å². The van der Waals surface area contributed by atoms with E-state index < -0.39 is 17.8 Å². The van der Waals surface area contributed by atoms with Gasteiger partial charge in [-0.3, -0.25) is 14.3 Å². The second kappa shape index (κ2) is 15.2. The van der Waals surface area contributed by atoms with Crippen molar-refractivity contribution in [3.63, 3.8) is 0 Å². The number of rotatable bonds is 8. The molecule has 4 aromatic rings. The van der Waals surface area contributed by atoms with Gasteiger partial charge >= 0.3 is 12.2 Å². The number of amides is 2. The van der Waals surface area contributed by atoms with Crippen molar-refractivity contribution in [1.82, 2.24) is 19.4 Å². The van der Waals surface area contributed by atoms with Gasteiger partial charge < -0.3 is 29.7 Å². The van der Waals surface area contributed by atoms with E-state index in [0.717, 1.165) is 11.1 Å². The highest BCUT2D eigenvalue weighted by Gasteiger charge is 2.34. The highest BCUT2D eigenvalue weighted by atomic mass is 16.6. The average Bonchev–Trinajstić information content (AvgIpc) is 3.12. The molecule has 1 fully saturated rings. The number of nitrogens with zero attached hydrogens (tertiary/aromatic N) is 6. The molecule has 0 radical (unpaired) electrons. The van der Waals surface area contributed by atoms with Crippen LogP contribution >= 0.6 is 0 Å². The van der Waals surface area contributed by atoms with Crippen LogP contribution in [0.5, 0.6) is 0 Å². The standard InChI is InChI=1S/C38H45N7O6/c1-26-12-10-16-30-32(26)44(37(49)50-25-27-13-6-5-7-14-27)20-19-43(30)31-22-28-23-40-35(39-17-8-9-21-46)41-33(28)45(34(31)47)29-15-11-18-42(24-29)36(48)51-38(2,3)4/h5-10,12-14,16,22-23,29,46H,11,15,17-21,24-25H2,1-4H3,(H,39,40,41)/b9-8-. The van der Waals surface area contributed by atoms with Gasteiger partial charge in [0, 0.05) is 44.3 Å². The maximum atomic E-state index is 14.8. The van der Waals surface area contributed by atoms with Crippen LogP contribution in [0.1, 0.15) is 50.8 Å². The summed E-state index contributed by atoms with van der Waals surface area (Å²) in [7, 11) is 0. The minimum absolute atomic E-state index is 0.0792. The minimum Gasteiger partial charge on any atom is -0.444 e. The molecule has 51 heavy (non-hydrogen) atoms. The second-order valence-corrected chi connectivity index (χ2v) is 13.7. The predicted octanol–water partition coefficient (Wildman–Crippen LogP) is 5.93. The number of hydrogen-bond donors (Lipinski definition) is 2. The first-order valence-electron chi connectivity index (χ1n) is 17.3. The molecule has 4 heterocycles. The number of piperidine rings is 1. The second-order valence-electron chi connectivity index (χ2n) is 13.7. The number of aliphatic hydroxyl groups is 1. The zero-order valence-electron chi connectivity index (χ0n) is 29.5. The normalized spacial score (nSPS) is 16.3. The van der Waals surface area contributed by atoms with E-state index >= 15 is 0 Å². The number of carbonyl (C=O) groups is 2. The number of anilines is 4. The zero-order valence-corrected chi connectivity index (χ0v) is 29.5. The third kappa shape index (κ3) is 7.99. The van der Waals surface area contributed by atoms with E-state index in [9.17, 15) is 14.4 Å². The molecule has 0 aliphatic carbocycles. The Morgan fingerprint density at radius 1 is 1.02 bits per heavy atom. The van der Waals surface area contributed by atoms with E-state index in [1.807, 2.05) is 81.1 Å². The lowest BCUT2D eigenvalue weighted by molar-refractivity contribution is 0.0173. The molecule has 2 amide bonds. The lowest BCUT2D eigenvalue weighted by Crippen LogP contribution is -2.47. The number of aliphatic hydroxyl groups excluding tert-OH is 1. The molecule has 268 valence electrons. The van der Waals surface area contributed by atoms with Crippen LogP contribution in [-0.4, -0.2) is 81.7 Å². The van der Waals surface area contributed by atoms with Crippen molar-refractivity contribution >= 4 is 46.2 Å². The van der Waals surface area contributed by atoms with Crippen molar-refractivity contribution in [2.24, 2.45) is 0 Å². The van der Waals surface area contributed by atoms with Crippen LogP contribution in [0.4, 0.5) is 32.6 Å². The molecule has 1 atom stereocenters. The summed E-state index contributed by atoms with van der Waals surface area (Å²) >= 11 is 0. The molecular weight excluding hydrogens is 650 g/mol. The largest absolute Gasteiger partial charge is 0.444 e. The maximum absolute atomic E-state index is 14.8. The molecule has 2 N–H and O–H groups in total. The highest BCUT2D eigenvalue weighted by molar-refractivity contribution is 5.97. The van der Waals surface area contributed by atoms with Crippen molar-refractivity contribution in [3.8, 4) is 0 Å². The van der Waals surface area contributed by atoms with Crippen molar-refractivity contribution < 1.29 is 24.2 Å². The van der Waals surface area contributed by atoms with Gasteiger partial charge in [-0.2, -0.15) is 4.98 Å². The molecule has 0 spiro atoms. The van der Waals surface area contributed by atoms with Crippen molar-refractivity contribution in [2.45, 2.75) is 58.8 Å². The lowest BCUT2D eigenvalue weighted by Gasteiger charge is -2.39. The van der Waals surface area contributed by atoms with Gasteiger partial charge in [-0.25, -0.2) is 14.6 Å². The van der Waals surface area contributed by atoms with E-state index in [0.29, 0.717) is 73.1 Å². The van der Waals surface area contributed by atoms with Gasteiger partial charge in [0.05, 0.1) is 24.0 Å². The molecular formula is C38H45N7O6. The van der Waals surface area contributed by atoms with Crippen LogP contribution in [0.25, 0.3) is 11.0 Å². The summed E-state index contributed by atoms with van der Waals surface area (Å²) in [6, 6.07) is 16.7. The molecule has 0 bridgehead atoms. The SMILES string of the molecule is Cc1cccc2c1N(C(=O)OCc1ccccc1)CCN2c1cc2cnc(NC/C=C\CO)nc2n(C2CCCN(C(=O)OC(C)(C)C)C2)c1=O. The fourth-order valence-corrected chi connectivity index (χ4v) is 6.56. The first-order valence-corrected chi connectivity index (χ1v) is 17.3. The smallest absolute Gasteiger partial charge is 0.414 e. The highest BCUT2D eigenvalue weighted by Crippen LogP contribution is 2.40. The number of carbonyl (C=O) groups excluding carboxylic acids is 2. The lowest BCUT2D eigenvalue weighted by atomic mass is 10.0. The van der Waals surface area contributed by atoms with Crippen molar-refractivity contribution in [1.29, 1.82) is 0 Å². The van der Waals surface area contributed by atoms with Crippen molar-refractivity contribution in [2.75, 3.05) is 54.4 Å². The summed E-state index contributed by atoms with van der Waals surface area (Å²) in [5.74, 6) is 0.328. The monoisotopic (exact) mass is 695 g/mol. The van der Waals surface area contributed by atoms with Gasteiger partial charge in [-0.1, -0.05) is 54.6 Å². The Morgan fingerprint density at radius 2 is 1.82 bits per heavy atom. The first-order chi connectivity index (χ1) is 24.5. The quantitative estimate of drug-likeness (QED) is 0.213. The number of hydrogen-bond acceptors (Lipinski definition) is 10. The predicted molar refractivity (Wildman–Crippen MR) is 197 cm³/mol. The van der Waals surface area contributed by atoms with Crippen LogP contribution in [-0.2, 0) is 16.1 Å². The Balaban J connectivity index is 1.39. The molecule has 1 saturated heterocycles. The van der Waals surface area contributed by atoms with Gasteiger partial charge in [0.2, 0.25) is 5.95 Å². The van der Waals surface area contributed by atoms with Crippen molar-refractivity contribution in [3.05, 3.63) is 94.4 Å². The fraction of sp³-hybridized carbons (Fsp3) is 0.395. The van der Waals surface area contributed by atoms with Gasteiger partial charge in [-0.05, 0) is 63.8 Å². The van der Waals surface area contributed by atoms with E-state index in [2.05, 4.69) is 10.3 Å². The van der Waals surface area contributed by atoms with Crippen LogP contribution in [0, 0.1) is 6.92 Å². The van der Waals surface area contributed by atoms with Gasteiger partial charge in [0.1, 0.15) is 23.5 Å². The number of pyridine rings is 1. The summed E-state index contributed by atoms with van der Waals surface area (Å²) in [6.45, 7) is 9.30. The zero-order chi connectivity index (χ0) is 36.1. The van der Waals surface area contributed by atoms with Gasteiger partial charge in [0.15, 0.2) is 0 Å². The number of ether oxygens (including phenoxy) is 2. The summed E-state index contributed by atoms with van der Waals surface area (Å²) in [5, 5.41) is 12.9. The van der Waals surface area contributed by atoms with E-state index in [1.54, 1.807) is 38.8 Å². The number of aryl methyl sites for hydroxylation is 1.